The Kier molecular flexibility index (Phi) is 6.49. The van der Waals surface area contributed by atoms with Crippen molar-refractivity contribution in [2.45, 2.75) is 0 Å². The number of carbonyl (C=O) groups is 2. The van der Waals surface area contributed by atoms with Crippen molar-refractivity contribution in [2.24, 2.45) is 0 Å². The van der Waals surface area contributed by atoms with E-state index in [1.54, 1.807) is 23.1 Å². The van der Waals surface area contributed by atoms with Crippen LogP contribution in [0.15, 0.2) is 36.4 Å². The van der Waals surface area contributed by atoms with Crippen LogP contribution in [0.4, 0.5) is 14.5 Å². The third-order valence-electron chi connectivity index (χ3n) is 4.42. The predicted octanol–water partition coefficient (Wildman–Crippen LogP) is 3.67. The number of hydrogen-bond donors (Lipinski definition) is 1. The third-order valence-corrected chi connectivity index (χ3v) is 5.05. The van der Waals surface area contributed by atoms with Gasteiger partial charge in [0.1, 0.15) is 0 Å². The Morgan fingerprint density at radius 1 is 0.964 bits per heavy atom. The molecule has 0 spiro atoms. The van der Waals surface area contributed by atoms with Gasteiger partial charge in [-0.2, -0.15) is 0 Å². The Balaban J connectivity index is 1.53. The summed E-state index contributed by atoms with van der Waals surface area (Å²) < 4.78 is 26.4. The van der Waals surface area contributed by atoms with Crippen molar-refractivity contribution in [2.75, 3.05) is 38.0 Å². The molecule has 1 aliphatic heterocycles. The Morgan fingerprint density at radius 2 is 1.61 bits per heavy atom. The molecule has 2 amide bonds. The number of nitrogens with zero attached hydrogens (tertiary/aromatic N) is 2. The van der Waals surface area contributed by atoms with Crippen molar-refractivity contribution in [3.8, 4) is 0 Å². The monoisotopic (exact) mass is 427 g/mol. The molecule has 28 heavy (non-hydrogen) atoms. The van der Waals surface area contributed by atoms with Crippen molar-refractivity contribution in [3.05, 3.63) is 63.6 Å². The Hall–Kier alpha value is -2.22. The van der Waals surface area contributed by atoms with E-state index in [0.717, 1.165) is 12.1 Å². The Bertz CT molecular complexity index is 882. The fourth-order valence-corrected chi connectivity index (χ4v) is 3.41. The zero-order valence-electron chi connectivity index (χ0n) is 14.7. The molecule has 2 aromatic carbocycles. The Labute approximate surface area is 170 Å². The topological polar surface area (TPSA) is 52.7 Å². The maximum absolute atomic E-state index is 13.3. The molecule has 1 heterocycles. The highest BCUT2D eigenvalue weighted by molar-refractivity contribution is 6.39. The first kappa shape index (κ1) is 20.5. The lowest BCUT2D eigenvalue weighted by Gasteiger charge is -2.34. The van der Waals surface area contributed by atoms with E-state index >= 15 is 0 Å². The minimum absolute atomic E-state index is 0.0958. The minimum atomic E-state index is -1.06. The molecule has 0 radical (unpaired) electrons. The first-order valence-electron chi connectivity index (χ1n) is 8.55. The molecule has 5 nitrogen and oxygen atoms in total. The second-order valence-electron chi connectivity index (χ2n) is 6.34. The zero-order chi connectivity index (χ0) is 20.3. The summed E-state index contributed by atoms with van der Waals surface area (Å²) in [5, 5.41) is 3.39. The highest BCUT2D eigenvalue weighted by Gasteiger charge is 2.24. The number of anilines is 1. The molecule has 2 aromatic rings. The standard InChI is InChI=1S/C19H17Cl2F2N3O2/c20-13-2-1-3-14(21)18(13)24-17(27)11-25-6-8-26(9-7-25)19(28)12-4-5-15(22)16(23)10-12/h1-5,10H,6-9,11H2,(H,24,27). The van der Waals surface area contributed by atoms with Crippen LogP contribution in [-0.2, 0) is 4.79 Å². The van der Waals surface area contributed by atoms with Gasteiger partial charge in [0.05, 0.1) is 22.3 Å². The van der Waals surface area contributed by atoms with Crippen LogP contribution in [0.25, 0.3) is 0 Å². The molecule has 1 fully saturated rings. The first-order chi connectivity index (χ1) is 13.3. The number of hydrogen-bond acceptors (Lipinski definition) is 3. The average molecular weight is 428 g/mol. The van der Waals surface area contributed by atoms with Crippen molar-refractivity contribution in [1.29, 1.82) is 0 Å². The van der Waals surface area contributed by atoms with Crippen LogP contribution < -0.4 is 5.32 Å². The zero-order valence-corrected chi connectivity index (χ0v) is 16.2. The average Bonchev–Trinajstić information content (AvgIpc) is 2.67. The molecular formula is C19H17Cl2F2N3O2. The van der Waals surface area contributed by atoms with Crippen molar-refractivity contribution < 1.29 is 18.4 Å². The van der Waals surface area contributed by atoms with E-state index in [1.165, 1.54) is 6.07 Å². The fourth-order valence-electron chi connectivity index (χ4n) is 2.92. The van der Waals surface area contributed by atoms with E-state index in [4.69, 9.17) is 23.2 Å². The molecule has 0 aromatic heterocycles. The number of rotatable bonds is 4. The smallest absolute Gasteiger partial charge is 0.254 e. The highest BCUT2D eigenvalue weighted by atomic mass is 35.5. The molecule has 9 heteroatoms. The van der Waals surface area contributed by atoms with Gasteiger partial charge in [0.2, 0.25) is 5.91 Å². The van der Waals surface area contributed by atoms with Gasteiger partial charge in [0.25, 0.3) is 5.91 Å². The summed E-state index contributed by atoms with van der Waals surface area (Å²) >= 11 is 12.1. The minimum Gasteiger partial charge on any atom is -0.336 e. The molecule has 1 saturated heterocycles. The van der Waals surface area contributed by atoms with Gasteiger partial charge in [0, 0.05) is 31.7 Å². The second kappa shape index (κ2) is 8.86. The van der Waals surface area contributed by atoms with Gasteiger partial charge in [-0.15, -0.1) is 0 Å². The van der Waals surface area contributed by atoms with Gasteiger partial charge in [-0.25, -0.2) is 8.78 Å². The number of carbonyl (C=O) groups excluding carboxylic acids is 2. The lowest BCUT2D eigenvalue weighted by atomic mass is 10.1. The van der Waals surface area contributed by atoms with Gasteiger partial charge in [-0.3, -0.25) is 14.5 Å². The highest BCUT2D eigenvalue weighted by Crippen LogP contribution is 2.29. The van der Waals surface area contributed by atoms with Crippen LogP contribution in [0.3, 0.4) is 0 Å². The van der Waals surface area contributed by atoms with Gasteiger partial charge in [0.15, 0.2) is 11.6 Å². The second-order valence-corrected chi connectivity index (χ2v) is 7.16. The molecule has 0 saturated carbocycles. The van der Waals surface area contributed by atoms with Crippen molar-refractivity contribution in [3.63, 3.8) is 0 Å². The molecule has 0 aliphatic carbocycles. The molecular weight excluding hydrogens is 411 g/mol. The van der Waals surface area contributed by atoms with Gasteiger partial charge >= 0.3 is 0 Å². The summed E-state index contributed by atoms with van der Waals surface area (Å²) in [6.45, 7) is 1.81. The van der Waals surface area contributed by atoms with Gasteiger partial charge in [-0.05, 0) is 30.3 Å². The van der Waals surface area contributed by atoms with Crippen LogP contribution in [0.2, 0.25) is 10.0 Å². The molecule has 3 rings (SSSR count). The molecule has 0 unspecified atom stereocenters. The quantitative estimate of drug-likeness (QED) is 0.809. The summed E-state index contributed by atoms with van der Waals surface area (Å²) in [7, 11) is 0. The number of benzene rings is 2. The number of nitrogens with one attached hydrogen (secondary N) is 1. The summed E-state index contributed by atoms with van der Waals surface area (Å²) in [6.07, 6.45) is 0. The Morgan fingerprint density at radius 3 is 2.21 bits per heavy atom. The first-order valence-corrected chi connectivity index (χ1v) is 9.31. The van der Waals surface area contributed by atoms with Gasteiger partial charge < -0.3 is 10.2 Å². The number of amides is 2. The number of piperazine rings is 1. The van der Waals surface area contributed by atoms with Crippen LogP contribution >= 0.6 is 23.2 Å². The van der Waals surface area contributed by atoms with Crippen LogP contribution in [0.1, 0.15) is 10.4 Å². The van der Waals surface area contributed by atoms with E-state index in [-0.39, 0.29) is 23.9 Å². The SMILES string of the molecule is O=C(CN1CCN(C(=O)c2ccc(F)c(F)c2)CC1)Nc1c(Cl)cccc1Cl. The summed E-state index contributed by atoms with van der Waals surface area (Å²) in [6, 6.07) is 8.03. The van der Waals surface area contributed by atoms with E-state index in [2.05, 4.69) is 5.32 Å². The maximum atomic E-state index is 13.3. The largest absolute Gasteiger partial charge is 0.336 e. The fraction of sp³-hybridized carbons (Fsp3) is 0.263. The summed E-state index contributed by atoms with van der Waals surface area (Å²) in [4.78, 5) is 28.1. The predicted molar refractivity (Wildman–Crippen MR) is 104 cm³/mol. The normalized spacial score (nSPS) is 14.8. The molecule has 1 N–H and O–H groups in total. The number of halogens is 4. The van der Waals surface area contributed by atoms with E-state index in [9.17, 15) is 18.4 Å². The van der Waals surface area contributed by atoms with Crippen molar-refractivity contribution >= 4 is 40.7 Å². The summed E-state index contributed by atoms with van der Waals surface area (Å²) in [5.74, 6) is -2.69. The van der Waals surface area contributed by atoms with Crippen LogP contribution in [-0.4, -0.2) is 54.3 Å². The maximum Gasteiger partial charge on any atom is 0.254 e. The van der Waals surface area contributed by atoms with Gasteiger partial charge in [-0.1, -0.05) is 29.3 Å². The van der Waals surface area contributed by atoms with Crippen LogP contribution in [0, 0.1) is 11.6 Å². The third kappa shape index (κ3) is 4.79. The van der Waals surface area contributed by atoms with E-state index < -0.39 is 11.6 Å². The summed E-state index contributed by atoms with van der Waals surface area (Å²) in [5.41, 5.74) is 0.460. The van der Waals surface area contributed by atoms with Crippen molar-refractivity contribution in [1.82, 2.24) is 9.80 Å². The molecule has 1 aliphatic rings. The van der Waals surface area contributed by atoms with E-state index in [1.807, 2.05) is 4.90 Å². The van der Waals surface area contributed by atoms with Crippen LogP contribution in [0.5, 0.6) is 0 Å². The lowest BCUT2D eigenvalue weighted by Crippen LogP contribution is -2.50. The molecule has 0 atom stereocenters. The lowest BCUT2D eigenvalue weighted by molar-refractivity contribution is -0.117. The molecule has 0 bridgehead atoms. The molecule has 148 valence electrons. The number of para-hydroxylation sites is 1. The van der Waals surface area contributed by atoms with E-state index in [0.29, 0.717) is 41.9 Å².